The van der Waals surface area contributed by atoms with Gasteiger partial charge in [0.1, 0.15) is 0 Å². The maximum atomic E-state index is 12.5. The number of amides is 1. The SMILES string of the molecule is CCOCCNC(=O)c1ccc2c(c1)N=C(CCC(=O)OCC)c1ccccc1S2. The van der Waals surface area contributed by atoms with Gasteiger partial charge in [0, 0.05) is 40.5 Å². The lowest BCUT2D eigenvalue weighted by Crippen LogP contribution is -2.27. The highest BCUT2D eigenvalue weighted by Gasteiger charge is 2.19. The molecule has 30 heavy (non-hydrogen) atoms. The second-order valence-electron chi connectivity index (χ2n) is 6.60. The lowest BCUT2D eigenvalue weighted by atomic mass is 10.1. The van der Waals surface area contributed by atoms with E-state index in [9.17, 15) is 9.59 Å². The quantitative estimate of drug-likeness (QED) is 0.476. The van der Waals surface area contributed by atoms with Crippen molar-refractivity contribution in [3.8, 4) is 0 Å². The number of hydrogen-bond acceptors (Lipinski definition) is 6. The predicted molar refractivity (Wildman–Crippen MR) is 118 cm³/mol. The number of aliphatic imine (C=N–C) groups is 1. The first kappa shape index (κ1) is 22.1. The summed E-state index contributed by atoms with van der Waals surface area (Å²) in [6.45, 7) is 5.64. The van der Waals surface area contributed by atoms with Crippen molar-refractivity contribution in [2.24, 2.45) is 4.99 Å². The molecule has 0 aromatic heterocycles. The number of ether oxygens (including phenoxy) is 2. The van der Waals surface area contributed by atoms with Crippen molar-refractivity contribution in [2.45, 2.75) is 36.5 Å². The lowest BCUT2D eigenvalue weighted by molar-refractivity contribution is -0.142. The number of esters is 1. The van der Waals surface area contributed by atoms with Gasteiger partial charge in [0.05, 0.1) is 31.0 Å². The summed E-state index contributed by atoms with van der Waals surface area (Å²) < 4.78 is 10.3. The van der Waals surface area contributed by atoms with E-state index in [1.54, 1.807) is 24.8 Å². The summed E-state index contributed by atoms with van der Waals surface area (Å²) in [6, 6.07) is 13.5. The summed E-state index contributed by atoms with van der Waals surface area (Å²) in [4.78, 5) is 31.3. The standard InChI is InChI=1S/C23H26N2O4S/c1-3-28-14-13-24-23(27)16-9-11-21-19(15-16)25-18(10-12-22(26)29-4-2)17-7-5-6-8-20(17)30-21/h5-9,11,15H,3-4,10,12-14H2,1-2H3,(H,24,27). The maximum Gasteiger partial charge on any atom is 0.306 e. The van der Waals surface area contributed by atoms with E-state index in [4.69, 9.17) is 14.5 Å². The van der Waals surface area contributed by atoms with E-state index < -0.39 is 0 Å². The molecule has 0 aliphatic carbocycles. The number of carbonyl (C=O) groups excluding carboxylic acids is 2. The van der Waals surface area contributed by atoms with Gasteiger partial charge in [0.15, 0.2) is 0 Å². The van der Waals surface area contributed by atoms with Gasteiger partial charge >= 0.3 is 5.97 Å². The molecule has 0 atom stereocenters. The van der Waals surface area contributed by atoms with Crippen LogP contribution in [0.5, 0.6) is 0 Å². The van der Waals surface area contributed by atoms with Crippen LogP contribution in [0.1, 0.15) is 42.6 Å². The molecule has 1 aliphatic heterocycles. The first-order chi connectivity index (χ1) is 14.6. The van der Waals surface area contributed by atoms with Crippen molar-refractivity contribution in [2.75, 3.05) is 26.4 Å². The first-order valence-corrected chi connectivity index (χ1v) is 10.9. The Labute approximate surface area is 181 Å². The minimum atomic E-state index is -0.239. The molecule has 1 heterocycles. The van der Waals surface area contributed by atoms with Crippen LogP contribution >= 0.6 is 11.8 Å². The largest absolute Gasteiger partial charge is 0.466 e. The minimum absolute atomic E-state index is 0.160. The first-order valence-electron chi connectivity index (χ1n) is 10.1. The van der Waals surface area contributed by atoms with Gasteiger partial charge in [-0.1, -0.05) is 30.0 Å². The smallest absolute Gasteiger partial charge is 0.306 e. The van der Waals surface area contributed by atoms with E-state index in [2.05, 4.69) is 5.32 Å². The summed E-state index contributed by atoms with van der Waals surface area (Å²) >= 11 is 1.61. The molecule has 6 nitrogen and oxygen atoms in total. The van der Waals surface area contributed by atoms with Crippen molar-refractivity contribution in [3.05, 3.63) is 53.6 Å². The summed E-state index contributed by atoms with van der Waals surface area (Å²) in [7, 11) is 0. The number of fused-ring (bicyclic) bond motifs is 2. The number of benzene rings is 2. The Hall–Kier alpha value is -2.64. The molecule has 0 spiro atoms. The number of hydrogen-bond donors (Lipinski definition) is 1. The van der Waals surface area contributed by atoms with Crippen LogP contribution in [0, 0.1) is 0 Å². The third-order valence-electron chi connectivity index (χ3n) is 4.50. The molecule has 0 bridgehead atoms. The molecule has 2 aromatic rings. The number of carbonyl (C=O) groups is 2. The lowest BCUT2D eigenvalue weighted by Gasteiger charge is -2.08. The normalized spacial score (nSPS) is 12.3. The van der Waals surface area contributed by atoms with Gasteiger partial charge in [0.2, 0.25) is 0 Å². The molecule has 7 heteroatoms. The predicted octanol–water partition coefficient (Wildman–Crippen LogP) is 4.38. The van der Waals surface area contributed by atoms with Gasteiger partial charge in [-0.05, 0) is 38.1 Å². The zero-order valence-corrected chi connectivity index (χ0v) is 18.1. The Morgan fingerprint density at radius 2 is 1.90 bits per heavy atom. The molecule has 0 saturated carbocycles. The van der Waals surface area contributed by atoms with Gasteiger partial charge in [-0.3, -0.25) is 14.6 Å². The fraction of sp³-hybridized carbons (Fsp3) is 0.348. The van der Waals surface area contributed by atoms with Crippen LogP contribution in [0.4, 0.5) is 5.69 Å². The van der Waals surface area contributed by atoms with Gasteiger partial charge in [-0.2, -0.15) is 0 Å². The molecule has 1 amide bonds. The van der Waals surface area contributed by atoms with Crippen LogP contribution in [0.2, 0.25) is 0 Å². The van der Waals surface area contributed by atoms with Gasteiger partial charge in [-0.25, -0.2) is 0 Å². The Morgan fingerprint density at radius 3 is 2.70 bits per heavy atom. The highest BCUT2D eigenvalue weighted by molar-refractivity contribution is 7.99. The molecule has 0 saturated heterocycles. The maximum absolute atomic E-state index is 12.5. The Bertz CT molecular complexity index is 943. The monoisotopic (exact) mass is 426 g/mol. The Balaban J connectivity index is 1.86. The zero-order chi connectivity index (χ0) is 21.3. The number of nitrogens with zero attached hydrogens (tertiary/aromatic N) is 1. The van der Waals surface area contributed by atoms with Gasteiger partial charge < -0.3 is 14.8 Å². The van der Waals surface area contributed by atoms with Crippen LogP contribution in [-0.2, 0) is 14.3 Å². The topological polar surface area (TPSA) is 77.0 Å². The fourth-order valence-electron chi connectivity index (χ4n) is 3.08. The van der Waals surface area contributed by atoms with Crippen molar-refractivity contribution < 1.29 is 19.1 Å². The zero-order valence-electron chi connectivity index (χ0n) is 17.3. The van der Waals surface area contributed by atoms with Crippen molar-refractivity contribution >= 4 is 35.0 Å². The summed E-state index contributed by atoms with van der Waals surface area (Å²) in [5.41, 5.74) is 3.10. The average Bonchev–Trinajstić information content (AvgIpc) is 2.91. The molecule has 158 valence electrons. The molecule has 1 aliphatic rings. The van der Waals surface area contributed by atoms with Crippen LogP contribution in [-0.4, -0.2) is 44.0 Å². The summed E-state index contributed by atoms with van der Waals surface area (Å²) in [5, 5.41) is 2.86. The van der Waals surface area contributed by atoms with Crippen LogP contribution in [0.25, 0.3) is 0 Å². The van der Waals surface area contributed by atoms with Crippen LogP contribution in [0.3, 0.4) is 0 Å². The van der Waals surface area contributed by atoms with E-state index in [0.717, 1.165) is 26.8 Å². The number of nitrogens with one attached hydrogen (secondary N) is 1. The highest BCUT2D eigenvalue weighted by atomic mass is 32.2. The molecule has 1 N–H and O–H groups in total. The van der Waals surface area contributed by atoms with Crippen LogP contribution in [0.15, 0.2) is 57.2 Å². The van der Waals surface area contributed by atoms with Crippen molar-refractivity contribution in [1.82, 2.24) is 5.32 Å². The van der Waals surface area contributed by atoms with Crippen molar-refractivity contribution in [1.29, 1.82) is 0 Å². The molecular formula is C23H26N2O4S. The second-order valence-corrected chi connectivity index (χ2v) is 7.68. The van der Waals surface area contributed by atoms with E-state index in [-0.39, 0.29) is 18.3 Å². The second kappa shape index (κ2) is 10.9. The summed E-state index contributed by atoms with van der Waals surface area (Å²) in [5.74, 6) is -0.398. The third-order valence-corrected chi connectivity index (χ3v) is 5.64. The molecule has 3 rings (SSSR count). The number of rotatable bonds is 9. The summed E-state index contributed by atoms with van der Waals surface area (Å²) in [6.07, 6.45) is 0.735. The van der Waals surface area contributed by atoms with Crippen LogP contribution < -0.4 is 5.32 Å². The van der Waals surface area contributed by atoms with E-state index >= 15 is 0 Å². The van der Waals surface area contributed by atoms with E-state index in [1.807, 2.05) is 43.3 Å². The molecule has 0 unspecified atom stereocenters. The fourth-order valence-corrected chi connectivity index (χ4v) is 4.10. The Morgan fingerprint density at radius 1 is 1.07 bits per heavy atom. The van der Waals surface area contributed by atoms with Crippen molar-refractivity contribution in [3.63, 3.8) is 0 Å². The molecule has 0 radical (unpaired) electrons. The molecule has 2 aromatic carbocycles. The third kappa shape index (κ3) is 5.70. The van der Waals surface area contributed by atoms with Gasteiger partial charge in [0.25, 0.3) is 5.91 Å². The molecule has 0 fully saturated rings. The van der Waals surface area contributed by atoms with E-state index in [0.29, 0.717) is 38.3 Å². The Kier molecular flexibility index (Phi) is 8.04. The minimum Gasteiger partial charge on any atom is -0.466 e. The molecular weight excluding hydrogens is 400 g/mol. The van der Waals surface area contributed by atoms with Gasteiger partial charge in [-0.15, -0.1) is 0 Å². The highest BCUT2D eigenvalue weighted by Crippen LogP contribution is 2.41. The van der Waals surface area contributed by atoms with E-state index in [1.165, 1.54) is 0 Å². The average molecular weight is 427 g/mol.